The molecule has 1 unspecified atom stereocenters. The summed E-state index contributed by atoms with van der Waals surface area (Å²) in [7, 11) is 0. The van der Waals surface area contributed by atoms with E-state index in [4.69, 9.17) is 11.6 Å². The molecule has 0 bridgehead atoms. The van der Waals surface area contributed by atoms with Gasteiger partial charge in [-0.3, -0.25) is 0 Å². The molecular formula is C17H35Cl. The van der Waals surface area contributed by atoms with E-state index in [1.54, 1.807) is 0 Å². The van der Waals surface area contributed by atoms with Crippen molar-refractivity contribution < 1.29 is 0 Å². The zero-order valence-corrected chi connectivity index (χ0v) is 13.6. The van der Waals surface area contributed by atoms with E-state index in [2.05, 4.69) is 13.8 Å². The van der Waals surface area contributed by atoms with Gasteiger partial charge >= 0.3 is 0 Å². The van der Waals surface area contributed by atoms with Crippen LogP contribution in [0.4, 0.5) is 0 Å². The van der Waals surface area contributed by atoms with Crippen LogP contribution in [0, 0.1) is 5.92 Å². The van der Waals surface area contributed by atoms with Crippen molar-refractivity contribution in [3.63, 3.8) is 0 Å². The molecule has 0 saturated carbocycles. The highest BCUT2D eigenvalue weighted by Crippen LogP contribution is 2.17. The molecule has 0 radical (unpaired) electrons. The van der Waals surface area contributed by atoms with Crippen LogP contribution in [0.2, 0.25) is 0 Å². The topological polar surface area (TPSA) is 0 Å². The Morgan fingerprint density at radius 2 is 1.11 bits per heavy atom. The lowest BCUT2D eigenvalue weighted by Crippen LogP contribution is -1.95. The summed E-state index contributed by atoms with van der Waals surface area (Å²) in [6, 6.07) is 0. The van der Waals surface area contributed by atoms with Crippen molar-refractivity contribution in [3.05, 3.63) is 0 Å². The molecule has 1 atom stereocenters. The third kappa shape index (κ3) is 14.4. The van der Waals surface area contributed by atoms with E-state index < -0.39 is 0 Å². The molecule has 0 nitrogen and oxygen atoms in total. The van der Waals surface area contributed by atoms with Gasteiger partial charge in [0.05, 0.1) is 0 Å². The second-order valence-corrected chi connectivity index (χ2v) is 6.29. The van der Waals surface area contributed by atoms with Crippen LogP contribution in [0.3, 0.4) is 0 Å². The van der Waals surface area contributed by atoms with E-state index in [1.807, 2.05) is 0 Å². The average Bonchev–Trinajstić information content (AvgIpc) is 2.38. The van der Waals surface area contributed by atoms with E-state index in [0.717, 1.165) is 11.8 Å². The van der Waals surface area contributed by atoms with Gasteiger partial charge in [0.25, 0.3) is 0 Å². The van der Waals surface area contributed by atoms with Gasteiger partial charge in [-0.2, -0.15) is 0 Å². The molecule has 0 aromatic heterocycles. The van der Waals surface area contributed by atoms with E-state index in [1.165, 1.54) is 83.5 Å². The van der Waals surface area contributed by atoms with Crippen LogP contribution >= 0.6 is 11.6 Å². The Bertz CT molecular complexity index is 145. The first-order chi connectivity index (χ1) is 8.81. The molecule has 0 aromatic rings. The van der Waals surface area contributed by atoms with Crippen molar-refractivity contribution in [3.8, 4) is 0 Å². The van der Waals surface area contributed by atoms with Gasteiger partial charge in [0.2, 0.25) is 0 Å². The van der Waals surface area contributed by atoms with Gasteiger partial charge in [0.15, 0.2) is 0 Å². The molecule has 0 N–H and O–H groups in total. The molecule has 110 valence electrons. The fraction of sp³-hybridized carbons (Fsp3) is 1.00. The molecule has 0 heterocycles. The summed E-state index contributed by atoms with van der Waals surface area (Å²) >= 11 is 5.71. The van der Waals surface area contributed by atoms with Crippen LogP contribution in [0.15, 0.2) is 0 Å². The van der Waals surface area contributed by atoms with Crippen LogP contribution in [0.25, 0.3) is 0 Å². The largest absolute Gasteiger partial charge is 0.127 e. The zero-order valence-electron chi connectivity index (χ0n) is 12.9. The molecule has 0 aliphatic heterocycles. The Morgan fingerprint density at radius 3 is 1.61 bits per heavy atom. The van der Waals surface area contributed by atoms with Crippen molar-refractivity contribution in [2.24, 2.45) is 5.92 Å². The van der Waals surface area contributed by atoms with E-state index in [0.29, 0.717) is 0 Å². The van der Waals surface area contributed by atoms with E-state index in [9.17, 15) is 0 Å². The van der Waals surface area contributed by atoms with Crippen molar-refractivity contribution in [1.29, 1.82) is 0 Å². The minimum atomic E-state index is 0.836. The summed E-state index contributed by atoms with van der Waals surface area (Å²) in [6.45, 7) is 4.66. The molecule has 0 saturated heterocycles. The number of unbranched alkanes of at least 4 members (excludes halogenated alkanes) is 9. The lowest BCUT2D eigenvalue weighted by atomic mass is 9.98. The maximum absolute atomic E-state index is 5.71. The predicted molar refractivity (Wildman–Crippen MR) is 85.6 cm³/mol. The molecule has 0 aliphatic carbocycles. The number of hydrogen-bond acceptors (Lipinski definition) is 0. The Hall–Kier alpha value is 0.290. The normalized spacial score (nSPS) is 12.8. The van der Waals surface area contributed by atoms with Gasteiger partial charge in [0.1, 0.15) is 0 Å². The summed E-state index contributed by atoms with van der Waals surface area (Å²) < 4.78 is 0. The molecule has 0 spiro atoms. The highest BCUT2D eigenvalue weighted by Gasteiger charge is 2.01. The van der Waals surface area contributed by atoms with E-state index >= 15 is 0 Å². The minimum Gasteiger partial charge on any atom is -0.127 e. The maximum atomic E-state index is 5.71. The first-order valence-corrected chi connectivity index (χ1v) is 8.90. The number of rotatable bonds is 14. The average molecular weight is 275 g/mol. The molecule has 0 aliphatic rings. The van der Waals surface area contributed by atoms with Gasteiger partial charge in [-0.05, 0) is 18.8 Å². The van der Waals surface area contributed by atoms with E-state index in [-0.39, 0.29) is 0 Å². The monoisotopic (exact) mass is 274 g/mol. The Morgan fingerprint density at radius 1 is 0.667 bits per heavy atom. The number of halogens is 1. The van der Waals surface area contributed by atoms with Gasteiger partial charge < -0.3 is 0 Å². The van der Waals surface area contributed by atoms with Crippen LogP contribution in [-0.2, 0) is 0 Å². The first-order valence-electron chi connectivity index (χ1n) is 8.37. The summed E-state index contributed by atoms with van der Waals surface area (Å²) in [6.07, 6.45) is 18.4. The van der Waals surface area contributed by atoms with Crippen LogP contribution in [0.5, 0.6) is 0 Å². The summed E-state index contributed by atoms with van der Waals surface area (Å²) in [5, 5.41) is 0. The van der Waals surface area contributed by atoms with Crippen LogP contribution < -0.4 is 0 Å². The second kappa shape index (κ2) is 15.3. The van der Waals surface area contributed by atoms with Crippen molar-refractivity contribution in [2.75, 3.05) is 5.88 Å². The smallest absolute Gasteiger partial charge is 0.0223 e. The fourth-order valence-electron chi connectivity index (χ4n) is 2.55. The molecule has 0 fully saturated rings. The second-order valence-electron chi connectivity index (χ2n) is 5.91. The minimum absolute atomic E-state index is 0.836. The predicted octanol–water partition coefficient (Wildman–Crippen LogP) is 6.95. The van der Waals surface area contributed by atoms with Gasteiger partial charge in [-0.1, -0.05) is 84.5 Å². The SMILES string of the molecule is CCCCCCCCCCCCC(C)CCCCl. The Kier molecular flexibility index (Phi) is 15.6. The lowest BCUT2D eigenvalue weighted by molar-refractivity contribution is 0.451. The summed E-state index contributed by atoms with van der Waals surface area (Å²) in [5.41, 5.74) is 0. The van der Waals surface area contributed by atoms with Gasteiger partial charge in [-0.25, -0.2) is 0 Å². The number of hydrogen-bond donors (Lipinski definition) is 0. The molecule has 0 aromatic carbocycles. The molecular weight excluding hydrogens is 240 g/mol. The first kappa shape index (κ1) is 18.3. The van der Waals surface area contributed by atoms with Crippen molar-refractivity contribution in [2.45, 2.75) is 97.3 Å². The highest BCUT2D eigenvalue weighted by atomic mass is 35.5. The van der Waals surface area contributed by atoms with Crippen molar-refractivity contribution >= 4 is 11.6 Å². The molecule has 18 heavy (non-hydrogen) atoms. The standard InChI is InChI=1S/C17H35Cl/c1-3-4-5-6-7-8-9-10-11-12-14-17(2)15-13-16-18/h17H,3-16H2,1-2H3. The third-order valence-electron chi connectivity index (χ3n) is 3.88. The fourth-order valence-corrected chi connectivity index (χ4v) is 2.70. The lowest BCUT2D eigenvalue weighted by Gasteiger charge is -2.09. The van der Waals surface area contributed by atoms with Crippen LogP contribution in [-0.4, -0.2) is 5.88 Å². The molecule has 0 amide bonds. The number of alkyl halides is 1. The van der Waals surface area contributed by atoms with Gasteiger partial charge in [0, 0.05) is 5.88 Å². The van der Waals surface area contributed by atoms with Crippen LogP contribution in [0.1, 0.15) is 97.3 Å². The quantitative estimate of drug-likeness (QED) is 0.237. The third-order valence-corrected chi connectivity index (χ3v) is 4.15. The van der Waals surface area contributed by atoms with Crippen molar-refractivity contribution in [1.82, 2.24) is 0 Å². The maximum Gasteiger partial charge on any atom is 0.0223 e. The molecule has 0 rings (SSSR count). The Labute approximate surface area is 121 Å². The zero-order chi connectivity index (χ0) is 13.5. The highest BCUT2D eigenvalue weighted by molar-refractivity contribution is 6.17. The Balaban J connectivity index is 3.02. The summed E-state index contributed by atoms with van der Waals surface area (Å²) in [5.74, 6) is 1.72. The summed E-state index contributed by atoms with van der Waals surface area (Å²) in [4.78, 5) is 0. The molecule has 1 heteroatoms. The van der Waals surface area contributed by atoms with Gasteiger partial charge in [-0.15, -0.1) is 11.6 Å².